The van der Waals surface area contributed by atoms with Crippen LogP contribution in [0.15, 0.2) is 91.0 Å². The second-order valence-corrected chi connectivity index (χ2v) is 9.18. The molecule has 0 amide bonds. The van der Waals surface area contributed by atoms with Crippen LogP contribution in [-0.4, -0.2) is 40.3 Å². The van der Waals surface area contributed by atoms with E-state index >= 15 is 0 Å². The number of halogens is 1. The number of benzene rings is 4. The van der Waals surface area contributed by atoms with Crippen LogP contribution in [0, 0.1) is 10.1 Å². The SMILES string of the molecule is O=C(CN(CCOc1ccc2c(c1)[nH]c1ccccc12)Cc1ccccc1)c1ccc(Cl)c([N+](=O)[O-])c1. The van der Waals surface area contributed by atoms with Crippen LogP contribution in [0.3, 0.4) is 0 Å². The average molecular weight is 514 g/mol. The van der Waals surface area contributed by atoms with E-state index in [1.54, 1.807) is 0 Å². The van der Waals surface area contributed by atoms with Crippen LogP contribution in [0.1, 0.15) is 15.9 Å². The molecule has 4 aromatic carbocycles. The summed E-state index contributed by atoms with van der Waals surface area (Å²) in [6.07, 6.45) is 0. The van der Waals surface area contributed by atoms with Gasteiger partial charge in [-0.1, -0.05) is 60.1 Å². The molecule has 8 heteroatoms. The van der Waals surface area contributed by atoms with E-state index in [2.05, 4.69) is 11.1 Å². The Balaban J connectivity index is 1.29. The smallest absolute Gasteiger partial charge is 0.288 e. The van der Waals surface area contributed by atoms with Gasteiger partial charge in [-0.25, -0.2) is 0 Å². The van der Waals surface area contributed by atoms with Crippen LogP contribution in [0.4, 0.5) is 5.69 Å². The second-order valence-electron chi connectivity index (χ2n) is 8.77. The zero-order valence-corrected chi connectivity index (χ0v) is 20.6. The summed E-state index contributed by atoms with van der Waals surface area (Å²) in [6.45, 7) is 1.47. The maximum atomic E-state index is 13.0. The molecule has 0 spiro atoms. The number of hydrogen-bond donors (Lipinski definition) is 1. The normalized spacial score (nSPS) is 11.3. The molecule has 0 atom stereocenters. The van der Waals surface area contributed by atoms with Gasteiger partial charge >= 0.3 is 0 Å². The third-order valence-electron chi connectivity index (χ3n) is 6.23. The summed E-state index contributed by atoms with van der Waals surface area (Å²) in [5.41, 5.74) is 3.10. The number of nitro benzene ring substituents is 1. The number of para-hydroxylation sites is 1. The van der Waals surface area contributed by atoms with Crippen molar-refractivity contribution in [3.05, 3.63) is 117 Å². The van der Waals surface area contributed by atoms with E-state index < -0.39 is 4.92 Å². The lowest BCUT2D eigenvalue weighted by Crippen LogP contribution is -2.33. The molecule has 0 bridgehead atoms. The Morgan fingerprint density at radius 3 is 2.49 bits per heavy atom. The molecule has 0 saturated carbocycles. The van der Waals surface area contributed by atoms with Crippen molar-refractivity contribution in [2.24, 2.45) is 0 Å². The number of carbonyl (C=O) groups is 1. The van der Waals surface area contributed by atoms with Crippen LogP contribution < -0.4 is 4.74 Å². The van der Waals surface area contributed by atoms with Crippen molar-refractivity contribution in [2.75, 3.05) is 19.7 Å². The lowest BCUT2D eigenvalue weighted by molar-refractivity contribution is -0.384. The zero-order valence-electron chi connectivity index (χ0n) is 19.9. The molecule has 0 aliphatic heterocycles. The Morgan fingerprint density at radius 2 is 1.68 bits per heavy atom. The second kappa shape index (κ2) is 10.8. The first-order chi connectivity index (χ1) is 18.0. The van der Waals surface area contributed by atoms with Gasteiger partial charge in [-0.2, -0.15) is 0 Å². The minimum absolute atomic E-state index is 0.00280. The summed E-state index contributed by atoms with van der Waals surface area (Å²) < 4.78 is 6.05. The number of carbonyl (C=O) groups excluding carboxylic acids is 1. The molecule has 0 aliphatic carbocycles. The largest absolute Gasteiger partial charge is 0.492 e. The first kappa shape index (κ1) is 24.5. The fourth-order valence-electron chi connectivity index (χ4n) is 4.39. The highest BCUT2D eigenvalue weighted by Crippen LogP contribution is 2.28. The fraction of sp³-hybridized carbons (Fsp3) is 0.138. The number of hydrogen-bond acceptors (Lipinski definition) is 5. The Labute approximate surface area is 218 Å². The minimum Gasteiger partial charge on any atom is -0.492 e. The van der Waals surface area contributed by atoms with Gasteiger partial charge in [0.15, 0.2) is 5.78 Å². The summed E-state index contributed by atoms with van der Waals surface area (Å²) in [4.78, 5) is 29.1. The molecule has 0 radical (unpaired) electrons. The molecular formula is C29H24ClN3O4. The average Bonchev–Trinajstić information content (AvgIpc) is 3.27. The number of nitro groups is 1. The van der Waals surface area contributed by atoms with Gasteiger partial charge in [0.05, 0.1) is 17.0 Å². The first-order valence-corrected chi connectivity index (χ1v) is 12.2. The predicted molar refractivity (Wildman–Crippen MR) is 145 cm³/mol. The Morgan fingerprint density at radius 1 is 0.919 bits per heavy atom. The zero-order chi connectivity index (χ0) is 25.8. The molecule has 186 valence electrons. The molecule has 0 saturated heterocycles. The van der Waals surface area contributed by atoms with Crippen LogP contribution in [0.25, 0.3) is 21.8 Å². The number of nitrogens with zero attached hydrogens (tertiary/aromatic N) is 2. The van der Waals surface area contributed by atoms with Crippen molar-refractivity contribution in [1.82, 2.24) is 9.88 Å². The first-order valence-electron chi connectivity index (χ1n) is 11.8. The molecule has 5 rings (SSSR count). The molecule has 1 N–H and O–H groups in total. The van der Waals surface area contributed by atoms with Gasteiger partial charge in [0.2, 0.25) is 0 Å². The number of aromatic nitrogens is 1. The number of nitrogens with one attached hydrogen (secondary N) is 1. The van der Waals surface area contributed by atoms with E-state index in [9.17, 15) is 14.9 Å². The molecule has 37 heavy (non-hydrogen) atoms. The molecular weight excluding hydrogens is 490 g/mol. The highest BCUT2D eigenvalue weighted by atomic mass is 35.5. The van der Waals surface area contributed by atoms with Crippen molar-refractivity contribution in [3.8, 4) is 5.75 Å². The summed E-state index contributed by atoms with van der Waals surface area (Å²) in [5, 5.41) is 13.6. The van der Waals surface area contributed by atoms with Gasteiger partial charge < -0.3 is 9.72 Å². The van der Waals surface area contributed by atoms with Crippen molar-refractivity contribution in [1.29, 1.82) is 0 Å². The van der Waals surface area contributed by atoms with Crippen molar-refractivity contribution in [3.63, 3.8) is 0 Å². The maximum Gasteiger partial charge on any atom is 0.288 e. The maximum absolute atomic E-state index is 13.0. The van der Waals surface area contributed by atoms with E-state index in [4.69, 9.17) is 16.3 Å². The van der Waals surface area contributed by atoms with E-state index in [1.807, 2.05) is 71.6 Å². The predicted octanol–water partition coefficient (Wildman–Crippen LogP) is 6.65. The topological polar surface area (TPSA) is 88.5 Å². The third-order valence-corrected chi connectivity index (χ3v) is 6.55. The Kier molecular flexibility index (Phi) is 7.16. The number of Topliss-reactive ketones (excluding diaryl/α,β-unsaturated/α-hetero) is 1. The van der Waals surface area contributed by atoms with Gasteiger partial charge in [0.1, 0.15) is 17.4 Å². The number of H-pyrrole nitrogens is 1. The molecule has 1 aromatic heterocycles. The summed E-state index contributed by atoms with van der Waals surface area (Å²) >= 11 is 5.91. The monoisotopic (exact) mass is 513 g/mol. The van der Waals surface area contributed by atoms with Gasteiger partial charge in [-0.3, -0.25) is 19.8 Å². The van der Waals surface area contributed by atoms with E-state index in [0.717, 1.165) is 27.7 Å². The van der Waals surface area contributed by atoms with Crippen LogP contribution in [-0.2, 0) is 6.54 Å². The molecule has 0 fully saturated rings. The number of rotatable bonds is 10. The quantitative estimate of drug-likeness (QED) is 0.128. The van der Waals surface area contributed by atoms with E-state index in [0.29, 0.717) is 19.7 Å². The van der Waals surface area contributed by atoms with Crippen LogP contribution >= 0.6 is 11.6 Å². The molecule has 1 heterocycles. The van der Waals surface area contributed by atoms with E-state index in [-0.39, 0.29) is 28.6 Å². The molecule has 0 unspecified atom stereocenters. The minimum atomic E-state index is -0.585. The number of ketones is 1. The lowest BCUT2D eigenvalue weighted by Gasteiger charge is -2.22. The summed E-state index contributed by atoms with van der Waals surface area (Å²) in [6, 6.07) is 28.1. The molecule has 0 aliphatic rings. The third kappa shape index (κ3) is 5.63. The lowest BCUT2D eigenvalue weighted by atomic mass is 10.1. The van der Waals surface area contributed by atoms with Crippen molar-refractivity contribution < 1.29 is 14.5 Å². The molecule has 5 aromatic rings. The van der Waals surface area contributed by atoms with Crippen molar-refractivity contribution >= 4 is 44.9 Å². The van der Waals surface area contributed by atoms with Gasteiger partial charge in [-0.05, 0) is 35.9 Å². The van der Waals surface area contributed by atoms with Crippen molar-refractivity contribution in [2.45, 2.75) is 6.54 Å². The van der Waals surface area contributed by atoms with Crippen LogP contribution in [0.5, 0.6) is 5.75 Å². The Hall–Kier alpha value is -4.20. The van der Waals surface area contributed by atoms with E-state index in [1.165, 1.54) is 23.6 Å². The standard InChI is InChI=1S/C29H24ClN3O4/c30-25-13-10-21(16-28(25)33(35)36)29(34)19-32(18-20-6-2-1-3-7-20)14-15-37-22-11-12-24-23-8-4-5-9-26(23)31-27(24)17-22/h1-13,16-17,31H,14-15,18-19H2. The van der Waals surface area contributed by atoms with Crippen LogP contribution in [0.2, 0.25) is 5.02 Å². The summed E-state index contributed by atoms with van der Waals surface area (Å²) in [7, 11) is 0. The molecule has 7 nitrogen and oxygen atoms in total. The summed E-state index contributed by atoms with van der Waals surface area (Å²) in [5.74, 6) is 0.508. The highest BCUT2D eigenvalue weighted by Gasteiger charge is 2.19. The highest BCUT2D eigenvalue weighted by molar-refractivity contribution is 6.32. The number of ether oxygens (including phenoxy) is 1. The fourth-order valence-corrected chi connectivity index (χ4v) is 4.58. The van der Waals surface area contributed by atoms with Gasteiger partial charge in [-0.15, -0.1) is 0 Å². The van der Waals surface area contributed by atoms with Gasteiger partial charge in [0, 0.05) is 47.1 Å². The Bertz CT molecular complexity index is 1580. The van der Waals surface area contributed by atoms with Gasteiger partial charge in [0.25, 0.3) is 5.69 Å². The number of aromatic amines is 1. The number of fused-ring (bicyclic) bond motifs is 3.